The van der Waals surface area contributed by atoms with Gasteiger partial charge in [-0.15, -0.1) is 0 Å². The van der Waals surface area contributed by atoms with Gasteiger partial charge in [0.15, 0.2) is 0 Å². The highest BCUT2D eigenvalue weighted by molar-refractivity contribution is 5.86. The molecule has 202 valence electrons. The molecule has 1 nitrogen and oxygen atoms in total. The molecular weight excluding hydrogens is 472 g/mol. The van der Waals surface area contributed by atoms with Gasteiger partial charge in [-0.1, -0.05) is 93.6 Å². The lowest BCUT2D eigenvalue weighted by Crippen LogP contribution is -2.30. The molecule has 0 radical (unpaired) electrons. The lowest BCUT2D eigenvalue weighted by molar-refractivity contribution is 0.128. The summed E-state index contributed by atoms with van der Waals surface area (Å²) in [5.74, 6) is 0.994. The van der Waals surface area contributed by atoms with Crippen molar-refractivity contribution in [2.24, 2.45) is 0 Å². The van der Waals surface area contributed by atoms with Gasteiger partial charge in [-0.2, -0.15) is 0 Å². The molecule has 1 aliphatic rings. The number of hydrogen-bond acceptors (Lipinski definition) is 1. The van der Waals surface area contributed by atoms with E-state index in [9.17, 15) is 0 Å². The van der Waals surface area contributed by atoms with Crippen molar-refractivity contribution in [3.05, 3.63) is 123 Å². The van der Waals surface area contributed by atoms with E-state index in [0.29, 0.717) is 0 Å². The smallest absolute Gasteiger partial charge is 0.125 e. The summed E-state index contributed by atoms with van der Waals surface area (Å²) in [7, 11) is 0. The van der Waals surface area contributed by atoms with Gasteiger partial charge in [0.05, 0.1) is 5.41 Å². The van der Waals surface area contributed by atoms with Crippen molar-refractivity contribution in [3.63, 3.8) is 0 Å². The molecule has 4 aromatic carbocycles. The molecule has 0 saturated heterocycles. The Kier molecular flexibility index (Phi) is 6.57. The van der Waals surface area contributed by atoms with Crippen molar-refractivity contribution in [1.82, 2.24) is 0 Å². The molecule has 0 aromatic heterocycles. The van der Waals surface area contributed by atoms with Gasteiger partial charge in [0.1, 0.15) is 11.4 Å². The minimum atomic E-state index is -0.409. The van der Waals surface area contributed by atoms with E-state index in [0.717, 1.165) is 12.2 Å². The van der Waals surface area contributed by atoms with E-state index in [1.807, 2.05) is 0 Å². The van der Waals surface area contributed by atoms with E-state index in [-0.39, 0.29) is 11.0 Å². The van der Waals surface area contributed by atoms with Crippen LogP contribution in [0.15, 0.2) is 72.8 Å². The average molecular weight is 517 g/mol. The Morgan fingerprint density at radius 1 is 0.615 bits per heavy atom. The molecule has 1 aliphatic carbocycles. The zero-order valence-electron chi connectivity index (χ0n) is 25.5. The molecule has 4 aromatic rings. The number of benzene rings is 4. The van der Waals surface area contributed by atoms with Gasteiger partial charge >= 0.3 is 0 Å². The second-order valence-electron chi connectivity index (χ2n) is 13.2. The molecule has 0 aliphatic heterocycles. The van der Waals surface area contributed by atoms with Crippen LogP contribution in [-0.4, -0.2) is 5.60 Å². The van der Waals surface area contributed by atoms with Crippen LogP contribution in [0.25, 0.3) is 11.1 Å². The Bertz CT molecular complexity index is 1470. The zero-order valence-corrected chi connectivity index (χ0v) is 25.5. The lowest BCUT2D eigenvalue weighted by Gasteiger charge is -2.37. The minimum absolute atomic E-state index is 0.129. The highest BCUT2D eigenvalue weighted by Crippen LogP contribution is 2.57. The van der Waals surface area contributed by atoms with Crippen molar-refractivity contribution in [2.45, 2.75) is 92.1 Å². The summed E-state index contributed by atoms with van der Waals surface area (Å²) in [5.41, 5.74) is 14.1. The van der Waals surface area contributed by atoms with Crippen molar-refractivity contribution < 1.29 is 4.74 Å². The Morgan fingerprint density at radius 3 is 1.44 bits per heavy atom. The average Bonchev–Trinajstić information content (AvgIpc) is 3.16. The largest absolute Gasteiger partial charge is 0.488 e. The van der Waals surface area contributed by atoms with Crippen LogP contribution < -0.4 is 4.74 Å². The fraction of sp³-hybridized carbons (Fsp3) is 0.368. The standard InChI is InChI=1S/C38H44O/c1-11-37(9,10)34-24(2)20-28(21-25(34)3)38(29-22-26(4)35(27(5)23-29)39-36(6,7)8)32-18-14-12-16-30(32)31-17-13-15-19-33(31)38/h12-23H,11H2,1-10H3. The SMILES string of the molecule is CCC(C)(C)c1c(C)cc(C2(c3cc(C)c(OC(C)(C)C)c(C)c3)c3ccccc3-c3ccccc32)cc1C. The molecule has 0 saturated carbocycles. The first-order valence-corrected chi connectivity index (χ1v) is 14.4. The van der Waals surface area contributed by atoms with Gasteiger partial charge < -0.3 is 4.74 Å². The normalized spacial score (nSPS) is 14.2. The molecule has 0 fully saturated rings. The van der Waals surface area contributed by atoms with E-state index in [4.69, 9.17) is 4.74 Å². The molecule has 39 heavy (non-hydrogen) atoms. The first-order chi connectivity index (χ1) is 18.3. The lowest BCUT2D eigenvalue weighted by atomic mass is 9.65. The van der Waals surface area contributed by atoms with E-state index in [1.165, 1.54) is 61.2 Å². The van der Waals surface area contributed by atoms with Gasteiger partial charge in [0.25, 0.3) is 0 Å². The van der Waals surface area contributed by atoms with Gasteiger partial charge in [0, 0.05) is 0 Å². The third kappa shape index (κ3) is 4.31. The maximum atomic E-state index is 6.46. The monoisotopic (exact) mass is 516 g/mol. The molecular formula is C38H44O. The Balaban J connectivity index is 1.89. The number of fused-ring (bicyclic) bond motifs is 3. The molecule has 0 spiro atoms. The van der Waals surface area contributed by atoms with Crippen LogP contribution in [0.5, 0.6) is 5.75 Å². The molecule has 0 heterocycles. The summed E-state index contributed by atoms with van der Waals surface area (Å²) in [6.07, 6.45) is 1.11. The summed E-state index contributed by atoms with van der Waals surface area (Å²) >= 11 is 0. The second kappa shape index (κ2) is 9.40. The molecule has 0 bridgehead atoms. The molecule has 5 rings (SSSR count). The minimum Gasteiger partial charge on any atom is -0.488 e. The van der Waals surface area contributed by atoms with Crippen LogP contribution in [-0.2, 0) is 10.8 Å². The zero-order chi connectivity index (χ0) is 28.3. The van der Waals surface area contributed by atoms with E-state index in [2.05, 4.69) is 142 Å². The maximum absolute atomic E-state index is 6.46. The van der Waals surface area contributed by atoms with Crippen LogP contribution in [0.4, 0.5) is 0 Å². The number of hydrogen-bond donors (Lipinski definition) is 0. The Morgan fingerprint density at radius 2 is 1.03 bits per heavy atom. The van der Waals surface area contributed by atoms with Crippen molar-refractivity contribution in [2.75, 3.05) is 0 Å². The number of ether oxygens (including phenoxy) is 1. The van der Waals surface area contributed by atoms with E-state index < -0.39 is 5.41 Å². The highest BCUT2D eigenvalue weighted by Gasteiger charge is 2.46. The third-order valence-corrected chi connectivity index (χ3v) is 8.78. The molecule has 0 N–H and O–H groups in total. The Hall–Kier alpha value is -3.32. The molecule has 0 amide bonds. The maximum Gasteiger partial charge on any atom is 0.125 e. The van der Waals surface area contributed by atoms with Gasteiger partial charge in [-0.05, 0) is 121 Å². The van der Waals surface area contributed by atoms with Gasteiger partial charge in [0.2, 0.25) is 0 Å². The molecule has 0 unspecified atom stereocenters. The second-order valence-corrected chi connectivity index (χ2v) is 13.2. The van der Waals surface area contributed by atoms with Crippen LogP contribution >= 0.6 is 0 Å². The van der Waals surface area contributed by atoms with E-state index >= 15 is 0 Å². The highest BCUT2D eigenvalue weighted by atomic mass is 16.5. The molecule has 1 heteroatoms. The first kappa shape index (κ1) is 27.3. The van der Waals surface area contributed by atoms with Gasteiger partial charge in [-0.3, -0.25) is 0 Å². The fourth-order valence-electron chi connectivity index (χ4n) is 7.08. The number of rotatable bonds is 5. The summed E-state index contributed by atoms with van der Waals surface area (Å²) in [4.78, 5) is 0. The van der Waals surface area contributed by atoms with Crippen LogP contribution in [0.1, 0.15) is 98.0 Å². The number of aryl methyl sites for hydroxylation is 4. The summed E-state index contributed by atoms with van der Waals surface area (Å²) in [6, 6.07) is 27.7. The predicted molar refractivity (Wildman–Crippen MR) is 166 cm³/mol. The van der Waals surface area contributed by atoms with E-state index in [1.54, 1.807) is 0 Å². The summed E-state index contributed by atoms with van der Waals surface area (Å²) < 4.78 is 6.46. The van der Waals surface area contributed by atoms with Crippen LogP contribution in [0.3, 0.4) is 0 Å². The van der Waals surface area contributed by atoms with Crippen molar-refractivity contribution in [3.8, 4) is 16.9 Å². The van der Waals surface area contributed by atoms with Crippen LogP contribution in [0, 0.1) is 27.7 Å². The summed E-state index contributed by atoms with van der Waals surface area (Å²) in [6.45, 7) is 22.4. The first-order valence-electron chi connectivity index (χ1n) is 14.4. The summed E-state index contributed by atoms with van der Waals surface area (Å²) in [5, 5.41) is 0. The Labute approximate surface area is 236 Å². The van der Waals surface area contributed by atoms with Crippen LogP contribution in [0.2, 0.25) is 0 Å². The molecule has 0 atom stereocenters. The fourth-order valence-corrected chi connectivity index (χ4v) is 7.08. The van der Waals surface area contributed by atoms with Crippen molar-refractivity contribution >= 4 is 0 Å². The van der Waals surface area contributed by atoms with Gasteiger partial charge in [-0.25, -0.2) is 0 Å². The third-order valence-electron chi connectivity index (χ3n) is 8.78. The quantitative estimate of drug-likeness (QED) is 0.226. The predicted octanol–water partition coefficient (Wildman–Crippen LogP) is 10.1. The van der Waals surface area contributed by atoms with Crippen molar-refractivity contribution in [1.29, 1.82) is 0 Å². The topological polar surface area (TPSA) is 9.23 Å².